The van der Waals surface area contributed by atoms with Gasteiger partial charge in [-0.2, -0.15) is 0 Å². The second-order valence-corrected chi connectivity index (χ2v) is 5.99. The highest BCUT2D eigenvalue weighted by atomic mass is 35.5. The minimum Gasteiger partial charge on any atom is -0.443 e. The van der Waals surface area contributed by atoms with Gasteiger partial charge in [-0.15, -0.1) is 0 Å². The molecule has 3 amide bonds. The maximum atomic E-state index is 12.5. The van der Waals surface area contributed by atoms with E-state index in [1.165, 1.54) is 6.39 Å². The van der Waals surface area contributed by atoms with E-state index < -0.39 is 6.03 Å². The number of piperidine rings is 1. The summed E-state index contributed by atoms with van der Waals surface area (Å²) in [5.74, 6) is 0.0175. The lowest BCUT2D eigenvalue weighted by Gasteiger charge is -2.31. The standard InChI is InChI=1S/C16H17ClN4O3/c17-12-4-2-1-3-11(12)14-13(19-9-24-14)15(22)20-10-5-7-21(8-6-10)16(18)23/h1-4,9-10H,5-8H2,(H2,18,23)(H,20,22). The van der Waals surface area contributed by atoms with Crippen LogP contribution < -0.4 is 11.1 Å². The van der Waals surface area contributed by atoms with Crippen LogP contribution in [0.4, 0.5) is 4.79 Å². The van der Waals surface area contributed by atoms with Gasteiger partial charge in [0, 0.05) is 24.7 Å². The molecule has 1 aromatic carbocycles. The molecule has 8 heteroatoms. The van der Waals surface area contributed by atoms with Crippen LogP contribution in [0.2, 0.25) is 5.02 Å². The quantitative estimate of drug-likeness (QED) is 0.888. The second-order valence-electron chi connectivity index (χ2n) is 5.58. The predicted octanol–water partition coefficient (Wildman–Crippen LogP) is 2.27. The van der Waals surface area contributed by atoms with Crippen LogP contribution in [-0.4, -0.2) is 41.0 Å². The number of urea groups is 1. The van der Waals surface area contributed by atoms with Crippen LogP contribution in [0.5, 0.6) is 0 Å². The molecule has 0 radical (unpaired) electrons. The zero-order valence-electron chi connectivity index (χ0n) is 12.9. The van der Waals surface area contributed by atoms with Crippen molar-refractivity contribution < 1.29 is 14.0 Å². The van der Waals surface area contributed by atoms with Crippen LogP contribution in [-0.2, 0) is 0 Å². The molecule has 1 fully saturated rings. The third kappa shape index (κ3) is 3.35. The summed E-state index contributed by atoms with van der Waals surface area (Å²) >= 11 is 6.16. The van der Waals surface area contributed by atoms with Gasteiger partial charge in [-0.1, -0.05) is 23.7 Å². The topological polar surface area (TPSA) is 101 Å². The third-order valence-electron chi connectivity index (χ3n) is 4.04. The fourth-order valence-electron chi connectivity index (χ4n) is 2.74. The van der Waals surface area contributed by atoms with E-state index in [1.54, 1.807) is 23.1 Å². The molecule has 0 aliphatic carbocycles. The molecule has 0 saturated carbocycles. The minimum atomic E-state index is -0.433. The van der Waals surface area contributed by atoms with Crippen molar-refractivity contribution >= 4 is 23.5 Å². The predicted molar refractivity (Wildman–Crippen MR) is 88.6 cm³/mol. The number of nitrogens with zero attached hydrogens (tertiary/aromatic N) is 2. The number of halogens is 1. The SMILES string of the molecule is NC(=O)N1CCC(NC(=O)c2ncoc2-c2ccccc2Cl)CC1. The first-order chi connectivity index (χ1) is 11.6. The Kier molecular flexibility index (Phi) is 4.71. The molecule has 0 atom stereocenters. The van der Waals surface area contributed by atoms with Gasteiger partial charge >= 0.3 is 6.03 Å². The van der Waals surface area contributed by atoms with Gasteiger partial charge in [-0.3, -0.25) is 4.79 Å². The molecular weight excluding hydrogens is 332 g/mol. The summed E-state index contributed by atoms with van der Waals surface area (Å²) in [7, 11) is 0. The Bertz CT molecular complexity index is 753. The van der Waals surface area contributed by atoms with E-state index in [-0.39, 0.29) is 17.6 Å². The lowest BCUT2D eigenvalue weighted by Crippen LogP contribution is -2.48. The molecule has 0 unspecified atom stereocenters. The van der Waals surface area contributed by atoms with Gasteiger partial charge in [0.2, 0.25) is 0 Å². The van der Waals surface area contributed by atoms with Crippen LogP contribution in [0.25, 0.3) is 11.3 Å². The summed E-state index contributed by atoms with van der Waals surface area (Å²) in [6.45, 7) is 1.05. The summed E-state index contributed by atoms with van der Waals surface area (Å²) in [4.78, 5) is 29.2. The van der Waals surface area contributed by atoms with E-state index in [0.29, 0.717) is 42.3 Å². The lowest BCUT2D eigenvalue weighted by molar-refractivity contribution is 0.0914. The molecule has 1 saturated heterocycles. The third-order valence-corrected chi connectivity index (χ3v) is 4.37. The lowest BCUT2D eigenvalue weighted by atomic mass is 10.0. The van der Waals surface area contributed by atoms with E-state index in [1.807, 2.05) is 6.07 Å². The first-order valence-corrected chi connectivity index (χ1v) is 7.97. The van der Waals surface area contributed by atoms with E-state index in [2.05, 4.69) is 10.3 Å². The van der Waals surface area contributed by atoms with Crippen molar-refractivity contribution in [3.63, 3.8) is 0 Å². The number of hydrogen-bond acceptors (Lipinski definition) is 4. The average Bonchev–Trinajstić information content (AvgIpc) is 3.05. The highest BCUT2D eigenvalue weighted by Gasteiger charge is 2.26. The Labute approximate surface area is 143 Å². The number of carbonyl (C=O) groups excluding carboxylic acids is 2. The van der Waals surface area contributed by atoms with Crippen molar-refractivity contribution in [3.8, 4) is 11.3 Å². The second kappa shape index (κ2) is 6.92. The number of benzene rings is 1. The van der Waals surface area contributed by atoms with Gasteiger partial charge < -0.3 is 20.4 Å². The summed E-state index contributed by atoms with van der Waals surface area (Å²) in [6, 6.07) is 6.63. The fraction of sp³-hybridized carbons (Fsp3) is 0.312. The van der Waals surface area contributed by atoms with Crippen LogP contribution in [0.15, 0.2) is 35.1 Å². The maximum Gasteiger partial charge on any atom is 0.314 e. The first kappa shape index (κ1) is 16.3. The van der Waals surface area contributed by atoms with E-state index in [0.717, 1.165) is 0 Å². The van der Waals surface area contributed by atoms with Crippen LogP contribution in [0.1, 0.15) is 23.3 Å². The van der Waals surface area contributed by atoms with Gasteiger partial charge in [-0.25, -0.2) is 9.78 Å². The van der Waals surface area contributed by atoms with Crippen LogP contribution in [0, 0.1) is 0 Å². The molecule has 1 aliphatic rings. The normalized spacial score (nSPS) is 15.3. The van der Waals surface area contributed by atoms with Gasteiger partial charge in [-0.05, 0) is 25.0 Å². The summed E-state index contributed by atoms with van der Waals surface area (Å²) in [5, 5.41) is 3.41. The molecule has 3 rings (SSSR count). The molecule has 2 heterocycles. The molecule has 0 spiro atoms. The van der Waals surface area contributed by atoms with Gasteiger partial charge in [0.15, 0.2) is 17.8 Å². The monoisotopic (exact) mass is 348 g/mol. The summed E-state index contributed by atoms with van der Waals surface area (Å²) < 4.78 is 5.36. The van der Waals surface area contributed by atoms with Gasteiger partial charge in [0.05, 0.1) is 5.02 Å². The Morgan fingerprint density at radius 1 is 1.29 bits per heavy atom. The highest BCUT2D eigenvalue weighted by molar-refractivity contribution is 6.33. The number of hydrogen-bond donors (Lipinski definition) is 2. The van der Waals surface area contributed by atoms with Crippen molar-refractivity contribution in [1.29, 1.82) is 0 Å². The largest absolute Gasteiger partial charge is 0.443 e. The number of likely N-dealkylation sites (tertiary alicyclic amines) is 1. The van der Waals surface area contributed by atoms with Gasteiger partial charge in [0.1, 0.15) is 0 Å². The number of primary amides is 1. The molecule has 126 valence electrons. The molecule has 24 heavy (non-hydrogen) atoms. The Balaban J connectivity index is 1.70. The smallest absolute Gasteiger partial charge is 0.314 e. The number of nitrogens with one attached hydrogen (secondary N) is 1. The molecule has 7 nitrogen and oxygen atoms in total. The van der Waals surface area contributed by atoms with E-state index in [9.17, 15) is 9.59 Å². The molecule has 1 aromatic heterocycles. The number of nitrogens with two attached hydrogens (primary N) is 1. The van der Waals surface area contributed by atoms with Crippen molar-refractivity contribution in [3.05, 3.63) is 41.4 Å². The summed E-state index contributed by atoms with van der Waals surface area (Å²) in [6.07, 6.45) is 2.52. The minimum absolute atomic E-state index is 0.0381. The molecular formula is C16H17ClN4O3. The molecule has 1 aliphatic heterocycles. The van der Waals surface area contributed by atoms with Crippen molar-refractivity contribution in [2.75, 3.05) is 13.1 Å². The number of oxazole rings is 1. The molecule has 3 N–H and O–H groups in total. The molecule has 0 bridgehead atoms. The first-order valence-electron chi connectivity index (χ1n) is 7.60. The van der Waals surface area contributed by atoms with E-state index in [4.69, 9.17) is 21.8 Å². The number of amides is 3. The van der Waals surface area contributed by atoms with Crippen LogP contribution in [0.3, 0.4) is 0 Å². The molecule has 2 aromatic rings. The average molecular weight is 349 g/mol. The Morgan fingerprint density at radius 3 is 2.67 bits per heavy atom. The van der Waals surface area contributed by atoms with Gasteiger partial charge in [0.25, 0.3) is 5.91 Å². The maximum absolute atomic E-state index is 12.5. The Morgan fingerprint density at radius 2 is 2.00 bits per heavy atom. The fourth-order valence-corrected chi connectivity index (χ4v) is 2.96. The van der Waals surface area contributed by atoms with E-state index >= 15 is 0 Å². The highest BCUT2D eigenvalue weighted by Crippen LogP contribution is 2.30. The van der Waals surface area contributed by atoms with Crippen molar-refractivity contribution in [1.82, 2.24) is 15.2 Å². The number of carbonyl (C=O) groups is 2. The number of rotatable bonds is 3. The Hall–Kier alpha value is -2.54. The zero-order valence-corrected chi connectivity index (χ0v) is 13.6. The van der Waals surface area contributed by atoms with Crippen molar-refractivity contribution in [2.45, 2.75) is 18.9 Å². The van der Waals surface area contributed by atoms with Crippen molar-refractivity contribution in [2.24, 2.45) is 5.73 Å². The zero-order chi connectivity index (χ0) is 17.1. The van der Waals surface area contributed by atoms with Crippen LogP contribution >= 0.6 is 11.6 Å². The summed E-state index contributed by atoms with van der Waals surface area (Å²) in [5.41, 5.74) is 6.07. The number of aromatic nitrogens is 1.